The Labute approximate surface area is 174 Å². The van der Waals surface area contributed by atoms with Crippen LogP contribution < -0.4 is 5.32 Å². The van der Waals surface area contributed by atoms with Crippen LogP contribution in [0, 0.1) is 0 Å². The van der Waals surface area contributed by atoms with Crippen molar-refractivity contribution in [3.63, 3.8) is 0 Å². The fraction of sp³-hybridized carbons (Fsp3) is 0.261. The molecule has 0 radical (unpaired) electrons. The maximum Gasteiger partial charge on any atom is 0.270 e. The summed E-state index contributed by atoms with van der Waals surface area (Å²) >= 11 is 3.61. The molecule has 0 bridgehead atoms. The summed E-state index contributed by atoms with van der Waals surface area (Å²) in [6.45, 7) is 1.55. The summed E-state index contributed by atoms with van der Waals surface area (Å²) in [6.07, 6.45) is 1.92. The van der Waals surface area contributed by atoms with E-state index in [2.05, 4.69) is 39.4 Å². The molecule has 1 amide bonds. The van der Waals surface area contributed by atoms with Gasteiger partial charge in [-0.2, -0.15) is 0 Å². The van der Waals surface area contributed by atoms with Gasteiger partial charge in [0.05, 0.1) is 0 Å². The first-order valence-corrected chi connectivity index (χ1v) is 10.4. The zero-order valence-corrected chi connectivity index (χ0v) is 17.5. The standard InChI is InChI=1S/C23H24BrN3O/c1-26-21(19-9-5-6-10-20(19)24)11-12-22(26)23(28)27-15-13-18(14-16-27)25-17-7-3-2-4-8-17/h2-12,18,25H,13-16H2,1H3. The van der Waals surface area contributed by atoms with E-state index in [0.717, 1.165) is 53.0 Å². The highest BCUT2D eigenvalue weighted by molar-refractivity contribution is 9.10. The predicted octanol–water partition coefficient (Wildman–Crippen LogP) is 5.17. The number of aromatic nitrogens is 1. The molecular formula is C23H24BrN3O. The van der Waals surface area contributed by atoms with Crippen molar-refractivity contribution in [2.24, 2.45) is 7.05 Å². The van der Waals surface area contributed by atoms with E-state index in [1.807, 2.05) is 65.0 Å². The Morgan fingerprint density at radius 2 is 1.64 bits per heavy atom. The van der Waals surface area contributed by atoms with Crippen LogP contribution in [0.4, 0.5) is 5.69 Å². The lowest BCUT2D eigenvalue weighted by molar-refractivity contribution is 0.0709. The smallest absolute Gasteiger partial charge is 0.270 e. The van der Waals surface area contributed by atoms with Crippen LogP contribution in [0.25, 0.3) is 11.3 Å². The molecule has 1 aromatic heterocycles. The van der Waals surface area contributed by atoms with E-state index < -0.39 is 0 Å². The SMILES string of the molecule is Cn1c(C(=O)N2CCC(Nc3ccccc3)CC2)ccc1-c1ccccc1Br. The van der Waals surface area contributed by atoms with Gasteiger partial charge in [0, 0.05) is 47.6 Å². The van der Waals surface area contributed by atoms with Gasteiger partial charge in [-0.3, -0.25) is 4.79 Å². The average Bonchev–Trinajstić information content (AvgIpc) is 3.10. The number of rotatable bonds is 4. The second-order valence-electron chi connectivity index (χ2n) is 7.22. The normalized spacial score (nSPS) is 14.9. The number of likely N-dealkylation sites (tertiary alicyclic amines) is 1. The van der Waals surface area contributed by atoms with Crippen LogP contribution in [0.15, 0.2) is 71.2 Å². The summed E-state index contributed by atoms with van der Waals surface area (Å²) in [5.41, 5.74) is 4.01. The predicted molar refractivity (Wildman–Crippen MR) is 118 cm³/mol. The van der Waals surface area contributed by atoms with E-state index in [4.69, 9.17) is 0 Å². The second-order valence-corrected chi connectivity index (χ2v) is 8.07. The molecule has 2 aromatic carbocycles. The first-order valence-electron chi connectivity index (χ1n) is 9.65. The molecule has 2 heterocycles. The minimum Gasteiger partial charge on any atom is -0.382 e. The van der Waals surface area contributed by atoms with Crippen LogP contribution in [-0.4, -0.2) is 34.5 Å². The van der Waals surface area contributed by atoms with Crippen molar-refractivity contribution < 1.29 is 4.79 Å². The molecule has 1 aliphatic rings. The van der Waals surface area contributed by atoms with Gasteiger partial charge in [-0.1, -0.05) is 52.3 Å². The number of carbonyl (C=O) groups is 1. The van der Waals surface area contributed by atoms with Gasteiger partial charge in [0.25, 0.3) is 5.91 Å². The molecular weight excluding hydrogens is 414 g/mol. The summed E-state index contributed by atoms with van der Waals surface area (Å²) in [7, 11) is 1.96. The fourth-order valence-electron chi connectivity index (χ4n) is 3.82. The zero-order chi connectivity index (χ0) is 19.5. The van der Waals surface area contributed by atoms with Crippen molar-refractivity contribution >= 4 is 27.5 Å². The van der Waals surface area contributed by atoms with Crippen LogP contribution in [-0.2, 0) is 7.05 Å². The Hall–Kier alpha value is -2.53. The molecule has 0 atom stereocenters. The highest BCUT2D eigenvalue weighted by Gasteiger charge is 2.25. The van der Waals surface area contributed by atoms with Gasteiger partial charge in [-0.15, -0.1) is 0 Å². The van der Waals surface area contributed by atoms with Crippen molar-refractivity contribution in [1.82, 2.24) is 9.47 Å². The topological polar surface area (TPSA) is 37.3 Å². The molecule has 1 saturated heterocycles. The van der Waals surface area contributed by atoms with E-state index in [1.165, 1.54) is 0 Å². The van der Waals surface area contributed by atoms with E-state index >= 15 is 0 Å². The van der Waals surface area contributed by atoms with Crippen molar-refractivity contribution in [1.29, 1.82) is 0 Å². The fourth-order valence-corrected chi connectivity index (χ4v) is 4.31. The van der Waals surface area contributed by atoms with Crippen molar-refractivity contribution in [3.8, 4) is 11.3 Å². The number of benzene rings is 2. The molecule has 28 heavy (non-hydrogen) atoms. The Morgan fingerprint density at radius 3 is 2.36 bits per heavy atom. The number of nitrogens with zero attached hydrogens (tertiary/aromatic N) is 2. The van der Waals surface area contributed by atoms with Gasteiger partial charge in [-0.25, -0.2) is 0 Å². The molecule has 0 saturated carbocycles. The van der Waals surface area contributed by atoms with Crippen molar-refractivity contribution in [3.05, 3.63) is 76.9 Å². The molecule has 0 spiro atoms. The molecule has 3 aromatic rings. The number of anilines is 1. The lowest BCUT2D eigenvalue weighted by Crippen LogP contribution is -2.42. The van der Waals surface area contributed by atoms with E-state index in [0.29, 0.717) is 6.04 Å². The van der Waals surface area contributed by atoms with Gasteiger partial charge >= 0.3 is 0 Å². The summed E-state index contributed by atoms with van der Waals surface area (Å²) < 4.78 is 3.03. The molecule has 144 valence electrons. The number of halogens is 1. The van der Waals surface area contributed by atoms with Crippen LogP contribution in [0.2, 0.25) is 0 Å². The van der Waals surface area contributed by atoms with Crippen LogP contribution >= 0.6 is 15.9 Å². The lowest BCUT2D eigenvalue weighted by Gasteiger charge is -2.33. The summed E-state index contributed by atoms with van der Waals surface area (Å²) in [5, 5.41) is 3.57. The van der Waals surface area contributed by atoms with E-state index in [9.17, 15) is 4.79 Å². The monoisotopic (exact) mass is 437 g/mol. The van der Waals surface area contributed by atoms with Gasteiger partial charge in [-0.05, 0) is 43.2 Å². The number of hydrogen-bond donors (Lipinski definition) is 1. The molecule has 0 aliphatic carbocycles. The van der Waals surface area contributed by atoms with E-state index in [1.54, 1.807) is 0 Å². The van der Waals surface area contributed by atoms with Gasteiger partial charge in [0.2, 0.25) is 0 Å². The number of hydrogen-bond acceptors (Lipinski definition) is 2. The first kappa shape index (κ1) is 18.8. The zero-order valence-electron chi connectivity index (χ0n) is 15.9. The molecule has 1 aliphatic heterocycles. The van der Waals surface area contributed by atoms with Crippen LogP contribution in [0.5, 0.6) is 0 Å². The Balaban J connectivity index is 1.43. The van der Waals surface area contributed by atoms with Gasteiger partial charge in [0.15, 0.2) is 0 Å². The second kappa shape index (κ2) is 8.23. The lowest BCUT2D eigenvalue weighted by atomic mass is 10.0. The number of nitrogens with one attached hydrogen (secondary N) is 1. The first-order chi connectivity index (χ1) is 13.6. The van der Waals surface area contributed by atoms with Gasteiger partial charge < -0.3 is 14.8 Å². The molecule has 0 unspecified atom stereocenters. The maximum absolute atomic E-state index is 13.1. The minimum absolute atomic E-state index is 0.110. The largest absolute Gasteiger partial charge is 0.382 e. The number of para-hydroxylation sites is 1. The van der Waals surface area contributed by atoms with Crippen molar-refractivity contribution in [2.75, 3.05) is 18.4 Å². The Bertz CT molecular complexity index is 959. The maximum atomic E-state index is 13.1. The molecule has 1 N–H and O–H groups in total. The summed E-state index contributed by atoms with van der Waals surface area (Å²) in [5.74, 6) is 0.110. The molecule has 4 rings (SSSR count). The minimum atomic E-state index is 0.110. The molecule has 5 heteroatoms. The highest BCUT2D eigenvalue weighted by atomic mass is 79.9. The number of piperidine rings is 1. The van der Waals surface area contributed by atoms with Crippen LogP contribution in [0.1, 0.15) is 23.3 Å². The Morgan fingerprint density at radius 1 is 0.964 bits per heavy atom. The van der Waals surface area contributed by atoms with Crippen LogP contribution in [0.3, 0.4) is 0 Å². The Kier molecular flexibility index (Phi) is 5.53. The summed E-state index contributed by atoms with van der Waals surface area (Å²) in [4.78, 5) is 15.1. The number of carbonyl (C=O) groups excluding carboxylic acids is 1. The summed E-state index contributed by atoms with van der Waals surface area (Å²) in [6, 6.07) is 22.7. The number of amides is 1. The van der Waals surface area contributed by atoms with Crippen molar-refractivity contribution in [2.45, 2.75) is 18.9 Å². The third kappa shape index (κ3) is 3.85. The third-order valence-corrected chi connectivity index (χ3v) is 6.11. The third-order valence-electron chi connectivity index (χ3n) is 5.42. The van der Waals surface area contributed by atoms with E-state index in [-0.39, 0.29) is 5.91 Å². The highest BCUT2D eigenvalue weighted by Crippen LogP contribution is 2.29. The van der Waals surface area contributed by atoms with Gasteiger partial charge in [0.1, 0.15) is 5.69 Å². The quantitative estimate of drug-likeness (QED) is 0.610. The molecule has 1 fully saturated rings. The molecule has 4 nitrogen and oxygen atoms in total. The average molecular weight is 438 g/mol.